The number of amides is 1. The van der Waals surface area contributed by atoms with Gasteiger partial charge in [-0.2, -0.15) is 0 Å². The Balaban J connectivity index is 0.00000210. The minimum atomic E-state index is -0.599. The van der Waals surface area contributed by atoms with Crippen LogP contribution >= 0.6 is 11.6 Å². The normalized spacial score (nSPS) is 13.0. The van der Waals surface area contributed by atoms with Gasteiger partial charge in [0.25, 0.3) is 5.91 Å². The number of esters is 1. The molecule has 0 saturated carbocycles. The summed E-state index contributed by atoms with van der Waals surface area (Å²) in [5.41, 5.74) is 3.31. The SMILES string of the molecule is CC.Cc1cc(Cl)c2cc(C(=O)NC(CO)c3ccc(C(C)C(=O)OC(C)(C)C)cc3)n(C)c2c1. The van der Waals surface area contributed by atoms with Crippen LogP contribution < -0.4 is 5.32 Å². The monoisotopic (exact) mass is 500 g/mol. The summed E-state index contributed by atoms with van der Waals surface area (Å²) in [6.07, 6.45) is 0. The second kappa shape index (κ2) is 11.7. The summed E-state index contributed by atoms with van der Waals surface area (Å²) in [5.74, 6) is -1.04. The number of nitrogens with zero attached hydrogens (tertiary/aromatic N) is 1. The number of aliphatic hydroxyl groups excluding tert-OH is 1. The van der Waals surface area contributed by atoms with Crippen LogP contribution in [0.4, 0.5) is 0 Å². The molecule has 0 saturated heterocycles. The van der Waals surface area contributed by atoms with Crippen molar-refractivity contribution in [1.82, 2.24) is 9.88 Å². The van der Waals surface area contributed by atoms with Crippen molar-refractivity contribution in [3.05, 3.63) is 69.9 Å². The molecule has 2 unspecified atom stereocenters. The van der Waals surface area contributed by atoms with Crippen molar-refractivity contribution in [2.24, 2.45) is 7.05 Å². The Morgan fingerprint density at radius 2 is 1.66 bits per heavy atom. The number of carbonyl (C=O) groups excluding carboxylic acids is 2. The number of aliphatic hydroxyl groups is 1. The van der Waals surface area contributed by atoms with Gasteiger partial charge in [-0.1, -0.05) is 49.7 Å². The van der Waals surface area contributed by atoms with Gasteiger partial charge < -0.3 is 19.7 Å². The highest BCUT2D eigenvalue weighted by Gasteiger charge is 2.24. The minimum absolute atomic E-state index is 0.267. The van der Waals surface area contributed by atoms with Gasteiger partial charge in [-0.05, 0) is 69.5 Å². The lowest BCUT2D eigenvalue weighted by Gasteiger charge is -2.23. The fraction of sp³-hybridized carbons (Fsp3) is 0.429. The standard InChI is InChI=1S/C26H31ClN2O4.C2H6/c1-15-11-20(27)19-13-23(29(6)22(19)12-15)24(31)28-21(14-30)18-9-7-17(8-10-18)16(2)25(32)33-26(3,4)5;1-2/h7-13,16,21,30H,14H2,1-6H3,(H,28,31);1-2H3. The maximum atomic E-state index is 13.0. The molecule has 3 rings (SSSR count). The Morgan fingerprint density at radius 1 is 1.09 bits per heavy atom. The zero-order valence-corrected chi connectivity index (χ0v) is 22.7. The van der Waals surface area contributed by atoms with Crippen LogP contribution in [0, 0.1) is 6.92 Å². The van der Waals surface area contributed by atoms with E-state index in [1.54, 1.807) is 29.7 Å². The maximum Gasteiger partial charge on any atom is 0.313 e. The number of rotatable bonds is 6. The average molecular weight is 501 g/mol. The summed E-state index contributed by atoms with van der Waals surface area (Å²) in [6.45, 7) is 13.0. The molecule has 7 heteroatoms. The van der Waals surface area contributed by atoms with Crippen molar-refractivity contribution in [3.63, 3.8) is 0 Å². The fourth-order valence-corrected chi connectivity index (χ4v) is 4.07. The van der Waals surface area contributed by atoms with Crippen LogP contribution in [0.25, 0.3) is 10.9 Å². The summed E-state index contributed by atoms with van der Waals surface area (Å²) in [6, 6.07) is 12.2. The number of hydrogen-bond acceptors (Lipinski definition) is 4. The van der Waals surface area contributed by atoms with Crippen molar-refractivity contribution in [2.45, 2.75) is 66.0 Å². The minimum Gasteiger partial charge on any atom is -0.460 e. The van der Waals surface area contributed by atoms with Crippen molar-refractivity contribution >= 4 is 34.4 Å². The summed E-state index contributed by atoms with van der Waals surface area (Å²) >= 11 is 6.36. The van der Waals surface area contributed by atoms with E-state index in [2.05, 4.69) is 5.32 Å². The molecule has 35 heavy (non-hydrogen) atoms. The molecule has 0 aliphatic carbocycles. The second-order valence-corrected chi connectivity index (χ2v) is 9.81. The molecular weight excluding hydrogens is 464 g/mol. The van der Waals surface area contributed by atoms with Gasteiger partial charge in [0.05, 0.1) is 29.1 Å². The van der Waals surface area contributed by atoms with E-state index < -0.39 is 17.6 Å². The number of halogens is 1. The third-order valence-electron chi connectivity index (χ3n) is 5.58. The molecule has 2 aromatic carbocycles. The van der Waals surface area contributed by atoms with E-state index in [-0.39, 0.29) is 18.5 Å². The van der Waals surface area contributed by atoms with E-state index in [4.69, 9.17) is 16.3 Å². The smallest absolute Gasteiger partial charge is 0.313 e. The number of aryl methyl sites for hydroxylation is 2. The molecule has 0 spiro atoms. The Morgan fingerprint density at radius 3 is 2.20 bits per heavy atom. The molecular formula is C28H37ClN2O4. The Bertz CT molecular complexity index is 1180. The molecule has 3 aromatic rings. The first kappa shape index (κ1) is 28.4. The predicted octanol–water partition coefficient (Wildman–Crippen LogP) is 6.07. The van der Waals surface area contributed by atoms with Gasteiger partial charge in [0.15, 0.2) is 0 Å². The topological polar surface area (TPSA) is 80.6 Å². The number of benzene rings is 2. The number of fused-ring (bicyclic) bond motifs is 1. The Kier molecular flexibility index (Phi) is 9.52. The van der Waals surface area contributed by atoms with Gasteiger partial charge in [0, 0.05) is 12.4 Å². The second-order valence-electron chi connectivity index (χ2n) is 9.40. The zero-order chi connectivity index (χ0) is 26.5. The van der Waals surface area contributed by atoms with Crippen LogP contribution in [0.5, 0.6) is 0 Å². The lowest BCUT2D eigenvalue weighted by atomic mass is 9.97. The van der Waals surface area contributed by atoms with E-state index in [0.717, 1.165) is 27.6 Å². The van der Waals surface area contributed by atoms with Gasteiger partial charge in [-0.3, -0.25) is 9.59 Å². The van der Waals surface area contributed by atoms with Gasteiger partial charge >= 0.3 is 5.97 Å². The highest BCUT2D eigenvalue weighted by molar-refractivity contribution is 6.35. The van der Waals surface area contributed by atoms with E-state index in [9.17, 15) is 14.7 Å². The first-order chi connectivity index (χ1) is 16.4. The number of carbonyl (C=O) groups is 2. The van der Waals surface area contributed by atoms with E-state index >= 15 is 0 Å². The molecule has 1 amide bonds. The van der Waals surface area contributed by atoms with Crippen molar-refractivity contribution in [1.29, 1.82) is 0 Å². The molecule has 2 atom stereocenters. The molecule has 6 nitrogen and oxygen atoms in total. The summed E-state index contributed by atoms with van der Waals surface area (Å²) in [5, 5.41) is 14.2. The third kappa shape index (κ3) is 6.86. The van der Waals surface area contributed by atoms with Gasteiger partial charge in [-0.25, -0.2) is 0 Å². The lowest BCUT2D eigenvalue weighted by Crippen LogP contribution is -2.32. The average Bonchev–Trinajstić information content (AvgIpc) is 3.14. The highest BCUT2D eigenvalue weighted by Crippen LogP contribution is 2.28. The van der Waals surface area contributed by atoms with E-state index in [1.165, 1.54) is 0 Å². The van der Waals surface area contributed by atoms with Gasteiger partial charge in [-0.15, -0.1) is 0 Å². The number of hydrogen-bond donors (Lipinski definition) is 2. The number of nitrogens with one attached hydrogen (secondary N) is 1. The fourth-order valence-electron chi connectivity index (χ4n) is 3.75. The first-order valence-corrected chi connectivity index (χ1v) is 12.3. The molecule has 0 fully saturated rings. The zero-order valence-electron chi connectivity index (χ0n) is 21.9. The van der Waals surface area contributed by atoms with E-state index in [1.807, 2.05) is 72.9 Å². The first-order valence-electron chi connectivity index (χ1n) is 11.9. The van der Waals surface area contributed by atoms with Crippen molar-refractivity contribution in [3.8, 4) is 0 Å². The van der Waals surface area contributed by atoms with Crippen LogP contribution in [0.1, 0.15) is 80.7 Å². The molecule has 0 radical (unpaired) electrons. The molecule has 1 aromatic heterocycles. The summed E-state index contributed by atoms with van der Waals surface area (Å²) in [7, 11) is 1.81. The van der Waals surface area contributed by atoms with Crippen LogP contribution in [0.3, 0.4) is 0 Å². The quantitative estimate of drug-likeness (QED) is 0.402. The van der Waals surface area contributed by atoms with Crippen LogP contribution in [-0.2, 0) is 16.6 Å². The Labute approximate surface area is 213 Å². The maximum absolute atomic E-state index is 13.0. The largest absolute Gasteiger partial charge is 0.460 e. The molecule has 190 valence electrons. The third-order valence-corrected chi connectivity index (χ3v) is 5.89. The molecule has 1 heterocycles. The summed E-state index contributed by atoms with van der Waals surface area (Å²) in [4.78, 5) is 25.4. The van der Waals surface area contributed by atoms with Crippen molar-refractivity contribution < 1.29 is 19.4 Å². The number of ether oxygens (including phenoxy) is 1. The molecule has 0 aliphatic rings. The lowest BCUT2D eigenvalue weighted by molar-refractivity contribution is -0.156. The summed E-state index contributed by atoms with van der Waals surface area (Å²) < 4.78 is 7.25. The van der Waals surface area contributed by atoms with Crippen LogP contribution in [0.2, 0.25) is 5.02 Å². The molecule has 0 bridgehead atoms. The molecule has 2 N–H and O–H groups in total. The van der Waals surface area contributed by atoms with Crippen LogP contribution in [-0.4, -0.2) is 33.8 Å². The van der Waals surface area contributed by atoms with Gasteiger partial charge in [0.2, 0.25) is 0 Å². The van der Waals surface area contributed by atoms with Crippen LogP contribution in [0.15, 0.2) is 42.5 Å². The van der Waals surface area contributed by atoms with Gasteiger partial charge in [0.1, 0.15) is 11.3 Å². The van der Waals surface area contributed by atoms with Crippen molar-refractivity contribution in [2.75, 3.05) is 6.61 Å². The highest BCUT2D eigenvalue weighted by atomic mass is 35.5. The molecule has 0 aliphatic heterocycles. The predicted molar refractivity (Wildman–Crippen MR) is 142 cm³/mol. The Hall–Kier alpha value is -2.83. The van der Waals surface area contributed by atoms with E-state index in [0.29, 0.717) is 10.7 Å². The number of aromatic nitrogens is 1.